The summed E-state index contributed by atoms with van der Waals surface area (Å²) in [5, 5.41) is 18.2. The Balaban J connectivity index is 1.54. The number of aromatic nitrogens is 4. The van der Waals surface area contributed by atoms with Gasteiger partial charge in [-0.2, -0.15) is 10.4 Å². The molecule has 32 heavy (non-hydrogen) atoms. The predicted molar refractivity (Wildman–Crippen MR) is 122 cm³/mol. The summed E-state index contributed by atoms with van der Waals surface area (Å²) in [7, 11) is 0. The Labute approximate surface area is 189 Å². The molecule has 1 aromatic carbocycles. The van der Waals surface area contributed by atoms with E-state index in [4.69, 9.17) is 17.3 Å². The Bertz CT molecular complexity index is 1360. The molecule has 0 saturated carbocycles. The van der Waals surface area contributed by atoms with Crippen LogP contribution in [0.2, 0.25) is 5.02 Å². The Morgan fingerprint density at radius 3 is 2.81 bits per heavy atom. The number of amides is 1. The Kier molecular flexibility index (Phi) is 5.75. The van der Waals surface area contributed by atoms with Crippen LogP contribution < -0.4 is 11.1 Å². The number of aryl methyl sites for hydroxylation is 2. The van der Waals surface area contributed by atoms with E-state index in [2.05, 4.69) is 26.5 Å². The first-order valence-electron chi connectivity index (χ1n) is 9.86. The minimum absolute atomic E-state index is 0.190. The number of fused-ring (bicyclic) bond motifs is 1. The SMILES string of the molecule is Cc1cc(N)nc(C)c1CNC(=O)c1cnn(Cc2ccc3ncc(Cl)cc3c2)c1C#N. The van der Waals surface area contributed by atoms with Crippen LogP contribution in [0, 0.1) is 25.2 Å². The summed E-state index contributed by atoms with van der Waals surface area (Å²) in [4.78, 5) is 21.3. The number of nitrogens with one attached hydrogen (secondary N) is 1. The molecule has 0 saturated heterocycles. The summed E-state index contributed by atoms with van der Waals surface area (Å²) < 4.78 is 1.51. The number of nitrogens with zero attached hydrogens (tertiary/aromatic N) is 5. The Morgan fingerprint density at radius 2 is 2.06 bits per heavy atom. The van der Waals surface area contributed by atoms with Crippen LogP contribution in [0.4, 0.5) is 5.82 Å². The van der Waals surface area contributed by atoms with Gasteiger partial charge in [0.25, 0.3) is 5.91 Å². The van der Waals surface area contributed by atoms with Crippen molar-refractivity contribution in [3.8, 4) is 6.07 Å². The zero-order valence-electron chi connectivity index (χ0n) is 17.6. The van der Waals surface area contributed by atoms with E-state index in [0.717, 1.165) is 33.3 Å². The highest BCUT2D eigenvalue weighted by Crippen LogP contribution is 2.20. The molecule has 0 bridgehead atoms. The number of hydrogen-bond donors (Lipinski definition) is 2. The standard InChI is InChI=1S/C23H20ClN7O/c1-13-5-22(26)30-14(2)18(13)10-28-23(32)19-11-29-31(21(19)8-25)12-15-3-4-20-16(6-15)7-17(24)9-27-20/h3-7,9,11H,10,12H2,1-2H3,(H2,26,30)(H,28,32). The van der Waals surface area contributed by atoms with Gasteiger partial charge in [0, 0.05) is 23.8 Å². The molecule has 160 valence electrons. The number of pyridine rings is 2. The van der Waals surface area contributed by atoms with Crippen molar-refractivity contribution in [3.05, 3.63) is 81.4 Å². The second-order valence-electron chi connectivity index (χ2n) is 7.47. The molecule has 4 rings (SSSR count). The quantitative estimate of drug-likeness (QED) is 0.484. The number of anilines is 1. The van der Waals surface area contributed by atoms with Crippen molar-refractivity contribution in [2.45, 2.75) is 26.9 Å². The van der Waals surface area contributed by atoms with Crippen LogP contribution in [0.3, 0.4) is 0 Å². The van der Waals surface area contributed by atoms with E-state index in [1.165, 1.54) is 10.9 Å². The van der Waals surface area contributed by atoms with Gasteiger partial charge in [-0.05, 0) is 54.8 Å². The molecule has 1 amide bonds. The van der Waals surface area contributed by atoms with Gasteiger partial charge in [-0.15, -0.1) is 0 Å². The van der Waals surface area contributed by atoms with Crippen LogP contribution in [0.5, 0.6) is 0 Å². The molecular formula is C23H20ClN7O. The predicted octanol–water partition coefficient (Wildman–Crippen LogP) is 3.53. The molecule has 0 radical (unpaired) electrons. The smallest absolute Gasteiger partial charge is 0.256 e. The lowest BCUT2D eigenvalue weighted by atomic mass is 10.1. The third-order valence-electron chi connectivity index (χ3n) is 5.23. The van der Waals surface area contributed by atoms with Crippen molar-refractivity contribution < 1.29 is 4.79 Å². The van der Waals surface area contributed by atoms with Gasteiger partial charge in [0.2, 0.25) is 0 Å². The molecule has 3 aromatic heterocycles. The minimum atomic E-state index is -0.377. The number of nitriles is 1. The van der Waals surface area contributed by atoms with Gasteiger partial charge in [-0.3, -0.25) is 9.78 Å². The van der Waals surface area contributed by atoms with E-state index in [-0.39, 0.29) is 23.7 Å². The first-order chi connectivity index (χ1) is 15.4. The van der Waals surface area contributed by atoms with Gasteiger partial charge < -0.3 is 11.1 Å². The number of rotatable bonds is 5. The van der Waals surface area contributed by atoms with Crippen molar-refractivity contribution >= 4 is 34.2 Å². The van der Waals surface area contributed by atoms with Crippen molar-refractivity contribution in [3.63, 3.8) is 0 Å². The van der Waals surface area contributed by atoms with Crippen LogP contribution in [-0.4, -0.2) is 25.7 Å². The maximum atomic E-state index is 12.8. The number of nitrogens with two attached hydrogens (primary N) is 1. The molecule has 4 aromatic rings. The van der Waals surface area contributed by atoms with E-state index >= 15 is 0 Å². The maximum absolute atomic E-state index is 12.8. The summed E-state index contributed by atoms with van der Waals surface area (Å²) in [6.07, 6.45) is 3.01. The molecule has 0 atom stereocenters. The first-order valence-corrected chi connectivity index (χ1v) is 10.2. The molecule has 8 nitrogen and oxygen atoms in total. The van der Waals surface area contributed by atoms with E-state index in [0.29, 0.717) is 17.4 Å². The first kappa shape index (κ1) is 21.3. The van der Waals surface area contributed by atoms with Gasteiger partial charge in [-0.25, -0.2) is 9.67 Å². The lowest BCUT2D eigenvalue weighted by Crippen LogP contribution is -2.24. The maximum Gasteiger partial charge on any atom is 0.256 e. The molecule has 3 N–H and O–H groups in total. The topological polar surface area (TPSA) is 123 Å². The number of nitrogen functional groups attached to an aromatic ring is 1. The Hall–Kier alpha value is -3.96. The van der Waals surface area contributed by atoms with Gasteiger partial charge in [0.15, 0.2) is 5.69 Å². The van der Waals surface area contributed by atoms with Gasteiger partial charge in [0.1, 0.15) is 11.9 Å². The van der Waals surface area contributed by atoms with Crippen LogP contribution in [0.25, 0.3) is 10.9 Å². The van der Waals surface area contributed by atoms with Crippen LogP contribution in [0.15, 0.2) is 42.7 Å². The van der Waals surface area contributed by atoms with Crippen LogP contribution in [-0.2, 0) is 13.1 Å². The second-order valence-corrected chi connectivity index (χ2v) is 7.90. The van der Waals surface area contributed by atoms with Gasteiger partial charge in [0.05, 0.1) is 28.8 Å². The zero-order chi connectivity index (χ0) is 22.8. The van der Waals surface area contributed by atoms with Crippen molar-refractivity contribution in [1.82, 2.24) is 25.1 Å². The van der Waals surface area contributed by atoms with Crippen molar-refractivity contribution in [1.29, 1.82) is 5.26 Å². The molecular weight excluding hydrogens is 426 g/mol. The van der Waals surface area contributed by atoms with Crippen molar-refractivity contribution in [2.75, 3.05) is 5.73 Å². The number of hydrogen-bond acceptors (Lipinski definition) is 6. The minimum Gasteiger partial charge on any atom is -0.384 e. The van der Waals surface area contributed by atoms with E-state index in [1.807, 2.05) is 38.1 Å². The zero-order valence-corrected chi connectivity index (χ0v) is 18.3. The fraction of sp³-hybridized carbons (Fsp3) is 0.174. The largest absolute Gasteiger partial charge is 0.384 e. The van der Waals surface area contributed by atoms with E-state index in [1.54, 1.807) is 12.3 Å². The Morgan fingerprint density at radius 1 is 1.25 bits per heavy atom. The lowest BCUT2D eigenvalue weighted by molar-refractivity contribution is 0.0950. The fourth-order valence-electron chi connectivity index (χ4n) is 3.63. The number of carbonyl (C=O) groups excluding carboxylic acids is 1. The second kappa shape index (κ2) is 8.65. The summed E-state index contributed by atoms with van der Waals surface area (Å²) in [6, 6.07) is 11.4. The molecule has 0 unspecified atom stereocenters. The molecule has 0 aliphatic carbocycles. The monoisotopic (exact) mass is 445 g/mol. The summed E-state index contributed by atoms with van der Waals surface area (Å²) >= 11 is 6.04. The normalized spacial score (nSPS) is 10.8. The van der Waals surface area contributed by atoms with Gasteiger partial charge >= 0.3 is 0 Å². The van der Waals surface area contributed by atoms with Crippen LogP contribution in [0.1, 0.15) is 38.4 Å². The lowest BCUT2D eigenvalue weighted by Gasteiger charge is -2.11. The summed E-state index contributed by atoms with van der Waals surface area (Å²) in [5.41, 5.74) is 10.5. The summed E-state index contributed by atoms with van der Waals surface area (Å²) in [5.74, 6) is 0.0628. The third-order valence-corrected chi connectivity index (χ3v) is 5.44. The molecule has 9 heteroatoms. The molecule has 0 fully saturated rings. The third kappa shape index (κ3) is 4.24. The molecule has 0 spiro atoms. The van der Waals surface area contributed by atoms with Gasteiger partial charge in [-0.1, -0.05) is 17.7 Å². The van der Waals surface area contributed by atoms with E-state index in [9.17, 15) is 10.1 Å². The van der Waals surface area contributed by atoms with Crippen molar-refractivity contribution in [2.24, 2.45) is 0 Å². The number of benzene rings is 1. The highest BCUT2D eigenvalue weighted by molar-refractivity contribution is 6.31. The number of carbonyl (C=O) groups is 1. The number of halogens is 1. The highest BCUT2D eigenvalue weighted by atomic mass is 35.5. The summed E-state index contributed by atoms with van der Waals surface area (Å²) in [6.45, 7) is 4.37. The molecule has 0 aliphatic rings. The average molecular weight is 446 g/mol. The molecule has 0 aliphatic heterocycles. The average Bonchev–Trinajstić information content (AvgIpc) is 3.15. The fourth-order valence-corrected chi connectivity index (χ4v) is 3.80. The molecule has 3 heterocycles. The van der Waals surface area contributed by atoms with Crippen LogP contribution >= 0.6 is 11.6 Å². The van der Waals surface area contributed by atoms with E-state index < -0.39 is 0 Å². The highest BCUT2D eigenvalue weighted by Gasteiger charge is 2.18.